The molecule has 0 saturated carbocycles. The topological polar surface area (TPSA) is 44.7 Å². The normalized spacial score (nSPS) is 17.3. The zero-order valence-corrected chi connectivity index (χ0v) is 25.2. The van der Waals surface area contributed by atoms with Gasteiger partial charge in [0.05, 0.1) is 5.75 Å². The largest absolute Gasteiger partial charge is 0.335 e. The minimum atomic E-state index is -0.149. The van der Waals surface area contributed by atoms with Crippen LogP contribution in [0.3, 0.4) is 0 Å². The van der Waals surface area contributed by atoms with Gasteiger partial charge in [-0.05, 0) is 96.1 Å². The van der Waals surface area contributed by atoms with Crippen LogP contribution < -0.4 is 10.2 Å². The van der Waals surface area contributed by atoms with Crippen molar-refractivity contribution in [3.8, 4) is 0 Å². The van der Waals surface area contributed by atoms with Gasteiger partial charge in [-0.1, -0.05) is 95.6 Å². The van der Waals surface area contributed by atoms with Gasteiger partial charge in [-0.15, -0.1) is 0 Å². The molecule has 0 saturated heterocycles. The van der Waals surface area contributed by atoms with E-state index < -0.39 is 0 Å². The second-order valence-electron chi connectivity index (χ2n) is 10.2. The summed E-state index contributed by atoms with van der Waals surface area (Å²) in [5.41, 5.74) is 7.43. The van der Waals surface area contributed by atoms with E-state index in [4.69, 9.17) is 28.2 Å². The molecule has 0 spiro atoms. The minimum Gasteiger partial charge on any atom is -0.335 e. The third kappa shape index (κ3) is 6.49. The average molecular weight is 611 g/mol. The van der Waals surface area contributed by atoms with Gasteiger partial charge in [0.2, 0.25) is 5.91 Å². The molecule has 7 heteroatoms. The maximum Gasteiger partial charge on any atom is 0.242 e. The lowest BCUT2D eigenvalue weighted by molar-refractivity contribution is -0.115. The molecule has 1 aliphatic carbocycles. The van der Waals surface area contributed by atoms with Crippen LogP contribution in [0.1, 0.15) is 36.4 Å². The van der Waals surface area contributed by atoms with E-state index >= 15 is 0 Å². The quantitative estimate of drug-likeness (QED) is 0.237. The van der Waals surface area contributed by atoms with Crippen LogP contribution in [0.2, 0.25) is 10.0 Å². The molecule has 6 rings (SSSR count). The molecule has 1 N–H and O–H groups in total. The molecule has 4 aromatic carbocycles. The van der Waals surface area contributed by atoms with Crippen molar-refractivity contribution >= 4 is 63.5 Å². The number of anilines is 2. The number of carbonyl (C=O) groups is 1. The lowest BCUT2D eigenvalue weighted by Crippen LogP contribution is -2.33. The Hall–Kier alpha value is -3.77. The van der Waals surface area contributed by atoms with Crippen LogP contribution in [0.4, 0.5) is 11.4 Å². The molecule has 0 unspecified atom stereocenters. The number of para-hydroxylation sites is 2. The van der Waals surface area contributed by atoms with Crippen molar-refractivity contribution in [2.75, 3.05) is 10.7 Å². The Morgan fingerprint density at radius 2 is 1.43 bits per heavy atom. The molecular formula is C35H29Cl2N3OS. The van der Waals surface area contributed by atoms with Crippen molar-refractivity contribution in [3.63, 3.8) is 0 Å². The van der Waals surface area contributed by atoms with Crippen molar-refractivity contribution < 1.29 is 4.79 Å². The number of amides is 1. The number of halogens is 2. The molecule has 4 aromatic rings. The van der Waals surface area contributed by atoms with Crippen molar-refractivity contribution in [2.24, 2.45) is 4.99 Å². The SMILES string of the molecule is O=C(CSC1=N[C@@H](c2ccc(Cl)cc2)C2=C(N1)/C(=C/c1ccc(Cl)cc1)CCC2)N(c1ccccc1)c1ccccc1. The zero-order chi connectivity index (χ0) is 28.9. The van der Waals surface area contributed by atoms with E-state index in [1.54, 1.807) is 4.90 Å². The number of allylic oxidation sites excluding steroid dienone is 1. The fraction of sp³-hybridized carbons (Fsp3) is 0.143. The Labute approximate surface area is 260 Å². The number of thioether (sulfide) groups is 1. The standard InChI is InChI=1S/C35H29Cl2N3OS/c36-27-18-14-24(15-19-27)22-26-8-7-13-31-33(25-16-20-28(37)21-17-25)38-35(39-34(26)31)42-23-32(41)40(29-9-3-1-4-10-29)30-11-5-2-6-12-30/h1-6,9-12,14-22,33H,7-8,13,23H2,(H,38,39)/b26-22+/t33-/m0/s1. The predicted octanol–water partition coefficient (Wildman–Crippen LogP) is 9.61. The molecule has 42 heavy (non-hydrogen) atoms. The number of benzene rings is 4. The lowest BCUT2D eigenvalue weighted by Gasteiger charge is -2.33. The van der Waals surface area contributed by atoms with Gasteiger partial charge in [0.15, 0.2) is 5.17 Å². The van der Waals surface area contributed by atoms with Gasteiger partial charge in [0.25, 0.3) is 0 Å². The lowest BCUT2D eigenvalue weighted by atomic mass is 9.84. The highest BCUT2D eigenvalue weighted by atomic mass is 35.5. The number of rotatable bonds is 6. The molecule has 0 fully saturated rings. The Morgan fingerprint density at radius 1 is 0.833 bits per heavy atom. The van der Waals surface area contributed by atoms with E-state index in [0.717, 1.165) is 57.7 Å². The van der Waals surface area contributed by atoms with Crippen molar-refractivity contribution in [3.05, 3.63) is 147 Å². The fourth-order valence-electron chi connectivity index (χ4n) is 5.38. The summed E-state index contributed by atoms with van der Waals surface area (Å²) in [5.74, 6) is 0.201. The molecule has 0 bridgehead atoms. The zero-order valence-electron chi connectivity index (χ0n) is 22.8. The van der Waals surface area contributed by atoms with Crippen LogP contribution in [0.15, 0.2) is 131 Å². The minimum absolute atomic E-state index is 0.0229. The van der Waals surface area contributed by atoms with E-state index in [1.807, 2.05) is 109 Å². The number of hydrogen-bond acceptors (Lipinski definition) is 4. The van der Waals surface area contributed by atoms with Gasteiger partial charge in [-0.3, -0.25) is 9.69 Å². The summed E-state index contributed by atoms with van der Waals surface area (Å²) in [6.45, 7) is 0. The van der Waals surface area contributed by atoms with E-state index in [0.29, 0.717) is 5.02 Å². The number of carbonyl (C=O) groups excluding carboxylic acids is 1. The average Bonchev–Trinajstić information content (AvgIpc) is 3.03. The number of hydrogen-bond donors (Lipinski definition) is 1. The first-order chi connectivity index (χ1) is 20.5. The van der Waals surface area contributed by atoms with E-state index in [9.17, 15) is 4.79 Å². The maximum absolute atomic E-state index is 13.8. The first-order valence-corrected chi connectivity index (χ1v) is 15.6. The summed E-state index contributed by atoms with van der Waals surface area (Å²) < 4.78 is 0. The van der Waals surface area contributed by atoms with Crippen LogP contribution in [0.5, 0.6) is 0 Å². The molecule has 2 aliphatic rings. The van der Waals surface area contributed by atoms with Gasteiger partial charge in [-0.25, -0.2) is 4.99 Å². The predicted molar refractivity (Wildman–Crippen MR) is 178 cm³/mol. The molecule has 1 amide bonds. The van der Waals surface area contributed by atoms with Gasteiger partial charge in [-0.2, -0.15) is 0 Å². The van der Waals surface area contributed by atoms with Gasteiger partial charge in [0.1, 0.15) is 6.04 Å². The molecule has 0 aromatic heterocycles. The van der Waals surface area contributed by atoms with Gasteiger partial charge >= 0.3 is 0 Å². The molecular weight excluding hydrogens is 581 g/mol. The molecule has 1 heterocycles. The molecule has 1 atom stereocenters. The highest BCUT2D eigenvalue weighted by Gasteiger charge is 2.30. The van der Waals surface area contributed by atoms with Crippen LogP contribution in [0, 0.1) is 0 Å². The maximum atomic E-state index is 13.8. The van der Waals surface area contributed by atoms with Crippen molar-refractivity contribution in [1.29, 1.82) is 0 Å². The van der Waals surface area contributed by atoms with E-state index in [1.165, 1.54) is 22.9 Å². The summed E-state index contributed by atoms with van der Waals surface area (Å²) >= 11 is 13.8. The van der Waals surface area contributed by atoms with Crippen LogP contribution in [0.25, 0.3) is 6.08 Å². The van der Waals surface area contributed by atoms with Gasteiger partial charge < -0.3 is 5.32 Å². The van der Waals surface area contributed by atoms with E-state index in [-0.39, 0.29) is 17.7 Å². The van der Waals surface area contributed by atoms with Crippen molar-refractivity contribution in [2.45, 2.75) is 25.3 Å². The number of aliphatic imine (C=N–C) groups is 1. The van der Waals surface area contributed by atoms with E-state index in [2.05, 4.69) is 11.4 Å². The second kappa shape index (κ2) is 13.0. The Balaban J connectivity index is 1.31. The summed E-state index contributed by atoms with van der Waals surface area (Å²) in [4.78, 5) is 20.7. The smallest absolute Gasteiger partial charge is 0.242 e. The Kier molecular flexibility index (Phi) is 8.80. The second-order valence-corrected chi connectivity index (χ2v) is 12.0. The first-order valence-electron chi connectivity index (χ1n) is 13.9. The monoisotopic (exact) mass is 609 g/mol. The summed E-state index contributed by atoms with van der Waals surface area (Å²) in [6, 6.07) is 35.2. The summed E-state index contributed by atoms with van der Waals surface area (Å²) in [6.07, 6.45) is 5.17. The molecule has 1 aliphatic heterocycles. The fourth-order valence-corrected chi connectivity index (χ4v) is 6.37. The number of nitrogens with one attached hydrogen (secondary N) is 1. The van der Waals surface area contributed by atoms with Crippen LogP contribution >= 0.6 is 35.0 Å². The third-order valence-corrected chi connectivity index (χ3v) is 8.73. The highest BCUT2D eigenvalue weighted by molar-refractivity contribution is 8.14. The summed E-state index contributed by atoms with van der Waals surface area (Å²) in [7, 11) is 0. The van der Waals surface area contributed by atoms with Crippen molar-refractivity contribution in [1.82, 2.24) is 5.32 Å². The molecule has 4 nitrogen and oxygen atoms in total. The third-order valence-electron chi connectivity index (χ3n) is 7.35. The number of amidine groups is 1. The Morgan fingerprint density at radius 3 is 2.05 bits per heavy atom. The molecule has 0 radical (unpaired) electrons. The Bertz CT molecular complexity index is 1610. The number of nitrogens with zero attached hydrogens (tertiary/aromatic N) is 2. The first kappa shape index (κ1) is 28.4. The summed E-state index contributed by atoms with van der Waals surface area (Å²) in [5, 5.41) is 5.76. The highest BCUT2D eigenvalue weighted by Crippen LogP contribution is 2.42. The molecule has 210 valence electrons. The van der Waals surface area contributed by atoms with Crippen LogP contribution in [-0.4, -0.2) is 16.8 Å². The van der Waals surface area contributed by atoms with Crippen LogP contribution in [-0.2, 0) is 4.79 Å². The van der Waals surface area contributed by atoms with Gasteiger partial charge in [0, 0.05) is 27.1 Å².